The molecule has 0 aromatic carbocycles. The molecular formula is C13H21N5O. The first kappa shape index (κ1) is 12.6. The fraction of sp³-hybridized carbons (Fsp3) is 0.769. The van der Waals surface area contributed by atoms with Crippen LogP contribution < -0.4 is 10.6 Å². The Balaban J connectivity index is 1.61. The normalized spacial score (nSPS) is 22.2. The minimum absolute atomic E-state index is 0.0976. The molecule has 1 saturated heterocycles. The quantitative estimate of drug-likeness (QED) is 0.840. The summed E-state index contributed by atoms with van der Waals surface area (Å²) in [6.07, 6.45) is 6.32. The van der Waals surface area contributed by atoms with Gasteiger partial charge in [0, 0.05) is 6.04 Å². The molecule has 2 aliphatic rings. The molecule has 1 aromatic heterocycles. The zero-order valence-corrected chi connectivity index (χ0v) is 11.3. The van der Waals surface area contributed by atoms with E-state index in [1.807, 2.05) is 4.68 Å². The number of aromatic nitrogens is 3. The highest BCUT2D eigenvalue weighted by atomic mass is 16.2. The van der Waals surface area contributed by atoms with Crippen LogP contribution in [0.2, 0.25) is 0 Å². The van der Waals surface area contributed by atoms with E-state index in [1.165, 1.54) is 12.8 Å². The van der Waals surface area contributed by atoms with Crippen LogP contribution in [0.1, 0.15) is 49.1 Å². The third-order valence-corrected chi connectivity index (χ3v) is 4.11. The highest BCUT2D eigenvalue weighted by Crippen LogP contribution is 2.32. The van der Waals surface area contributed by atoms with Crippen LogP contribution >= 0.6 is 0 Å². The predicted molar refractivity (Wildman–Crippen MR) is 70.8 cm³/mol. The van der Waals surface area contributed by atoms with E-state index in [0.29, 0.717) is 17.7 Å². The first-order chi connectivity index (χ1) is 9.24. The lowest BCUT2D eigenvalue weighted by Gasteiger charge is -2.22. The maximum absolute atomic E-state index is 12.0. The first-order valence-electron chi connectivity index (χ1n) is 7.17. The lowest BCUT2D eigenvalue weighted by atomic mass is 10.1. The maximum Gasteiger partial charge on any atom is 0.273 e. The minimum atomic E-state index is -0.0976. The third-order valence-electron chi connectivity index (χ3n) is 4.11. The number of hydrogen-bond acceptors (Lipinski definition) is 4. The molecule has 1 unspecified atom stereocenters. The van der Waals surface area contributed by atoms with Crippen LogP contribution in [0, 0.1) is 5.92 Å². The van der Waals surface area contributed by atoms with Crippen LogP contribution in [-0.2, 0) is 0 Å². The molecule has 104 valence electrons. The Bertz CT molecular complexity index is 448. The highest BCUT2D eigenvalue weighted by molar-refractivity contribution is 5.92. The van der Waals surface area contributed by atoms with Gasteiger partial charge in [0.1, 0.15) is 0 Å². The van der Waals surface area contributed by atoms with E-state index in [1.54, 1.807) is 6.20 Å². The lowest BCUT2D eigenvalue weighted by Crippen LogP contribution is -2.34. The van der Waals surface area contributed by atoms with Gasteiger partial charge in [-0.15, -0.1) is 5.10 Å². The van der Waals surface area contributed by atoms with Crippen molar-refractivity contribution in [1.82, 2.24) is 25.6 Å². The van der Waals surface area contributed by atoms with E-state index < -0.39 is 0 Å². The largest absolute Gasteiger partial charge is 0.348 e. The summed E-state index contributed by atoms with van der Waals surface area (Å²) >= 11 is 0. The molecule has 2 N–H and O–H groups in total. The molecule has 0 spiro atoms. The molecule has 1 atom stereocenters. The summed E-state index contributed by atoms with van der Waals surface area (Å²) in [6.45, 7) is 4.07. The van der Waals surface area contributed by atoms with Crippen molar-refractivity contribution in [3.05, 3.63) is 11.9 Å². The number of hydrogen-bond donors (Lipinski definition) is 2. The van der Waals surface area contributed by atoms with Crippen molar-refractivity contribution in [3.63, 3.8) is 0 Å². The summed E-state index contributed by atoms with van der Waals surface area (Å²) in [7, 11) is 0. The number of nitrogens with one attached hydrogen (secondary N) is 2. The molecule has 2 fully saturated rings. The molecule has 6 nitrogen and oxygen atoms in total. The van der Waals surface area contributed by atoms with Gasteiger partial charge in [-0.2, -0.15) is 0 Å². The van der Waals surface area contributed by atoms with E-state index in [2.05, 4.69) is 27.9 Å². The zero-order valence-electron chi connectivity index (χ0n) is 11.3. The molecule has 3 rings (SSSR count). The smallest absolute Gasteiger partial charge is 0.273 e. The average molecular weight is 263 g/mol. The number of nitrogens with zero attached hydrogens (tertiary/aromatic N) is 3. The van der Waals surface area contributed by atoms with Crippen molar-refractivity contribution in [2.75, 3.05) is 13.1 Å². The van der Waals surface area contributed by atoms with E-state index >= 15 is 0 Å². The lowest BCUT2D eigenvalue weighted by molar-refractivity contribution is 0.0930. The Morgan fingerprint density at radius 3 is 2.84 bits per heavy atom. The second kappa shape index (κ2) is 5.28. The number of rotatable bonds is 4. The molecule has 1 aliphatic heterocycles. The Morgan fingerprint density at radius 2 is 2.16 bits per heavy atom. The molecule has 0 bridgehead atoms. The van der Waals surface area contributed by atoms with Gasteiger partial charge in [-0.25, -0.2) is 4.68 Å². The van der Waals surface area contributed by atoms with Gasteiger partial charge in [-0.1, -0.05) is 5.21 Å². The summed E-state index contributed by atoms with van der Waals surface area (Å²) in [5.74, 6) is 0.558. The molecule has 1 amide bonds. The Morgan fingerprint density at radius 1 is 1.42 bits per heavy atom. The summed E-state index contributed by atoms with van der Waals surface area (Å²) in [5, 5.41) is 14.4. The Kier molecular flexibility index (Phi) is 3.50. The topological polar surface area (TPSA) is 71.8 Å². The zero-order chi connectivity index (χ0) is 13.2. The monoisotopic (exact) mass is 263 g/mol. The molecule has 1 aliphatic carbocycles. The van der Waals surface area contributed by atoms with Gasteiger partial charge >= 0.3 is 0 Å². The number of carbonyl (C=O) groups excluding carboxylic acids is 1. The molecule has 1 saturated carbocycles. The van der Waals surface area contributed by atoms with Crippen LogP contribution in [0.15, 0.2) is 6.20 Å². The molecule has 6 heteroatoms. The van der Waals surface area contributed by atoms with Crippen LogP contribution in [0.25, 0.3) is 0 Å². The highest BCUT2D eigenvalue weighted by Gasteiger charge is 2.29. The summed E-state index contributed by atoms with van der Waals surface area (Å²) < 4.78 is 1.84. The third kappa shape index (κ3) is 2.94. The maximum atomic E-state index is 12.0. The second-order valence-electron chi connectivity index (χ2n) is 5.66. The van der Waals surface area contributed by atoms with Crippen LogP contribution in [0.3, 0.4) is 0 Å². The van der Waals surface area contributed by atoms with Crippen molar-refractivity contribution in [2.24, 2.45) is 5.92 Å². The van der Waals surface area contributed by atoms with E-state index in [4.69, 9.17) is 0 Å². The average Bonchev–Trinajstić information content (AvgIpc) is 3.17. The van der Waals surface area contributed by atoms with Gasteiger partial charge < -0.3 is 10.6 Å². The van der Waals surface area contributed by atoms with Crippen LogP contribution in [0.4, 0.5) is 0 Å². The Labute approximate surface area is 112 Å². The van der Waals surface area contributed by atoms with Gasteiger partial charge in [-0.3, -0.25) is 4.79 Å². The van der Waals surface area contributed by atoms with Gasteiger partial charge in [0.25, 0.3) is 5.91 Å². The SMILES string of the molecule is CC(NC(=O)c1cn(C2CCNCC2)nn1)C1CC1. The van der Waals surface area contributed by atoms with E-state index in [9.17, 15) is 4.79 Å². The first-order valence-corrected chi connectivity index (χ1v) is 7.17. The predicted octanol–water partition coefficient (Wildman–Crippen LogP) is 0.731. The fourth-order valence-corrected chi connectivity index (χ4v) is 2.63. The van der Waals surface area contributed by atoms with Gasteiger partial charge in [-0.05, 0) is 51.6 Å². The fourth-order valence-electron chi connectivity index (χ4n) is 2.63. The number of carbonyl (C=O) groups is 1. The van der Waals surface area contributed by atoms with Gasteiger partial charge in [0.05, 0.1) is 12.2 Å². The second-order valence-corrected chi connectivity index (χ2v) is 5.66. The van der Waals surface area contributed by atoms with E-state index in [-0.39, 0.29) is 11.9 Å². The van der Waals surface area contributed by atoms with Gasteiger partial charge in [0.15, 0.2) is 5.69 Å². The number of amides is 1. The van der Waals surface area contributed by atoms with Crippen molar-refractivity contribution >= 4 is 5.91 Å². The number of piperidine rings is 1. The molecular weight excluding hydrogens is 242 g/mol. The van der Waals surface area contributed by atoms with Crippen molar-refractivity contribution < 1.29 is 4.79 Å². The molecule has 2 heterocycles. The summed E-state index contributed by atoms with van der Waals surface area (Å²) in [6, 6.07) is 0.618. The van der Waals surface area contributed by atoms with Crippen LogP contribution in [-0.4, -0.2) is 40.0 Å². The molecule has 19 heavy (non-hydrogen) atoms. The van der Waals surface area contributed by atoms with Crippen molar-refractivity contribution in [2.45, 2.75) is 44.7 Å². The van der Waals surface area contributed by atoms with Gasteiger partial charge in [0.2, 0.25) is 0 Å². The summed E-state index contributed by atoms with van der Waals surface area (Å²) in [5.41, 5.74) is 0.436. The van der Waals surface area contributed by atoms with Crippen molar-refractivity contribution in [3.8, 4) is 0 Å². The Hall–Kier alpha value is -1.43. The van der Waals surface area contributed by atoms with Crippen molar-refractivity contribution in [1.29, 1.82) is 0 Å². The van der Waals surface area contributed by atoms with E-state index in [0.717, 1.165) is 25.9 Å². The summed E-state index contributed by atoms with van der Waals surface area (Å²) in [4.78, 5) is 12.0. The minimum Gasteiger partial charge on any atom is -0.348 e. The molecule has 0 radical (unpaired) electrons. The van der Waals surface area contributed by atoms with Crippen LogP contribution in [0.5, 0.6) is 0 Å². The standard InChI is InChI=1S/C13H21N5O/c1-9(10-2-3-10)15-13(19)12-8-18(17-16-12)11-4-6-14-7-5-11/h8-11,14H,2-7H2,1H3,(H,15,19). The molecule has 1 aromatic rings.